The average Bonchev–Trinajstić information content (AvgIpc) is 3.02. The van der Waals surface area contributed by atoms with E-state index < -0.39 is 23.2 Å². The van der Waals surface area contributed by atoms with E-state index in [1.165, 1.54) is 25.7 Å². The lowest BCUT2D eigenvalue weighted by Gasteiger charge is -2.21. The van der Waals surface area contributed by atoms with Gasteiger partial charge in [-0.3, -0.25) is 9.20 Å². The summed E-state index contributed by atoms with van der Waals surface area (Å²) < 4.78 is 12.5. The molecular formula is C17H17N3O5. The van der Waals surface area contributed by atoms with E-state index in [-0.39, 0.29) is 16.6 Å². The normalized spacial score (nSPS) is 11.7. The van der Waals surface area contributed by atoms with Gasteiger partial charge >= 0.3 is 12.1 Å². The SMILES string of the molecule is COC(=O)c1ccc2c(c1)n(C(=O)OC(C)(C)C)c(=O)c1cncn12. The lowest BCUT2D eigenvalue weighted by Crippen LogP contribution is -2.34. The summed E-state index contributed by atoms with van der Waals surface area (Å²) >= 11 is 0. The summed E-state index contributed by atoms with van der Waals surface area (Å²) in [4.78, 5) is 41.2. The molecule has 25 heavy (non-hydrogen) atoms. The molecule has 2 aromatic heterocycles. The first kappa shape index (κ1) is 16.7. The largest absolute Gasteiger partial charge is 0.465 e. The number of ether oxygens (including phenoxy) is 2. The van der Waals surface area contributed by atoms with Crippen LogP contribution in [0.2, 0.25) is 0 Å². The molecule has 0 aliphatic heterocycles. The Hall–Kier alpha value is -3.16. The molecule has 8 nitrogen and oxygen atoms in total. The maximum atomic E-state index is 12.8. The van der Waals surface area contributed by atoms with Gasteiger partial charge in [-0.2, -0.15) is 0 Å². The molecule has 0 spiro atoms. The molecule has 0 saturated carbocycles. The zero-order valence-corrected chi connectivity index (χ0v) is 14.3. The molecule has 0 aliphatic carbocycles. The monoisotopic (exact) mass is 343 g/mol. The number of imidazole rings is 1. The van der Waals surface area contributed by atoms with E-state index in [4.69, 9.17) is 9.47 Å². The molecule has 3 rings (SSSR count). The van der Waals surface area contributed by atoms with Gasteiger partial charge in [0.15, 0.2) is 0 Å². The smallest absolute Gasteiger partial charge is 0.422 e. The van der Waals surface area contributed by atoms with E-state index in [0.717, 1.165) is 4.57 Å². The van der Waals surface area contributed by atoms with Crippen molar-refractivity contribution in [2.45, 2.75) is 26.4 Å². The lowest BCUT2D eigenvalue weighted by molar-refractivity contribution is 0.0536. The van der Waals surface area contributed by atoms with Crippen LogP contribution < -0.4 is 5.56 Å². The highest BCUT2D eigenvalue weighted by molar-refractivity contribution is 5.96. The van der Waals surface area contributed by atoms with Gasteiger partial charge in [-0.15, -0.1) is 0 Å². The van der Waals surface area contributed by atoms with Gasteiger partial charge in [0, 0.05) is 0 Å². The standard InChI is InChI=1S/C17H17N3O5/c1-17(2,3)25-16(23)20-12-7-10(15(22)24-4)5-6-11(12)19-9-18-8-13(19)14(20)21/h5-9H,1-4H3. The number of hydrogen-bond donors (Lipinski definition) is 0. The number of methoxy groups -OCH3 is 1. The minimum absolute atomic E-state index is 0.214. The van der Waals surface area contributed by atoms with Gasteiger partial charge in [-0.1, -0.05) is 0 Å². The maximum Gasteiger partial charge on any atom is 0.422 e. The third-order valence-electron chi connectivity index (χ3n) is 3.53. The van der Waals surface area contributed by atoms with E-state index in [9.17, 15) is 14.4 Å². The number of carbonyl (C=O) groups excluding carboxylic acids is 2. The predicted molar refractivity (Wildman–Crippen MR) is 89.9 cm³/mol. The molecular weight excluding hydrogens is 326 g/mol. The van der Waals surface area contributed by atoms with Crippen molar-refractivity contribution >= 4 is 28.6 Å². The van der Waals surface area contributed by atoms with Gasteiger partial charge in [0.25, 0.3) is 5.56 Å². The van der Waals surface area contributed by atoms with Gasteiger partial charge in [0.1, 0.15) is 11.1 Å². The molecule has 0 atom stereocenters. The summed E-state index contributed by atoms with van der Waals surface area (Å²) in [6, 6.07) is 4.60. The molecule has 2 heterocycles. The topological polar surface area (TPSA) is 91.9 Å². The number of fused-ring (bicyclic) bond motifs is 3. The highest BCUT2D eigenvalue weighted by Crippen LogP contribution is 2.19. The fourth-order valence-corrected chi connectivity index (χ4v) is 2.51. The maximum absolute atomic E-state index is 12.8. The van der Waals surface area contributed by atoms with Crippen LogP contribution in [-0.2, 0) is 9.47 Å². The Kier molecular flexibility index (Phi) is 3.82. The summed E-state index contributed by atoms with van der Waals surface area (Å²) in [5.41, 5.74) is -0.162. The number of aromatic nitrogens is 3. The van der Waals surface area contributed by atoms with Crippen molar-refractivity contribution in [3.63, 3.8) is 0 Å². The molecule has 1 aromatic carbocycles. The summed E-state index contributed by atoms with van der Waals surface area (Å²) in [5.74, 6) is -0.573. The summed E-state index contributed by atoms with van der Waals surface area (Å²) in [6.45, 7) is 5.11. The molecule has 0 saturated heterocycles. The van der Waals surface area contributed by atoms with Crippen LogP contribution in [0, 0.1) is 0 Å². The number of carbonyl (C=O) groups is 2. The van der Waals surface area contributed by atoms with Gasteiger partial charge < -0.3 is 9.47 Å². The predicted octanol–water partition coefficient (Wildman–Crippen LogP) is 2.22. The number of esters is 1. The summed E-state index contributed by atoms with van der Waals surface area (Å²) in [5, 5.41) is 0. The summed E-state index contributed by atoms with van der Waals surface area (Å²) in [6.07, 6.45) is 2.01. The third-order valence-corrected chi connectivity index (χ3v) is 3.53. The molecule has 0 unspecified atom stereocenters. The molecule has 8 heteroatoms. The highest BCUT2D eigenvalue weighted by atomic mass is 16.6. The molecule has 0 N–H and O–H groups in total. The van der Waals surface area contributed by atoms with Crippen LogP contribution >= 0.6 is 0 Å². The second kappa shape index (κ2) is 5.73. The number of nitrogens with zero attached hydrogens (tertiary/aromatic N) is 3. The van der Waals surface area contributed by atoms with Crippen molar-refractivity contribution in [1.29, 1.82) is 0 Å². The zero-order chi connectivity index (χ0) is 18.4. The Bertz CT molecular complexity index is 1060. The molecule has 0 aliphatic rings. The molecule has 130 valence electrons. The highest BCUT2D eigenvalue weighted by Gasteiger charge is 2.23. The van der Waals surface area contributed by atoms with Crippen LogP contribution in [0.3, 0.4) is 0 Å². The van der Waals surface area contributed by atoms with Crippen LogP contribution in [0.25, 0.3) is 16.6 Å². The Morgan fingerprint density at radius 2 is 1.84 bits per heavy atom. The Labute approximate surface area is 142 Å². The van der Waals surface area contributed by atoms with Crippen molar-refractivity contribution in [3.8, 4) is 0 Å². The van der Waals surface area contributed by atoms with Gasteiger partial charge in [-0.25, -0.2) is 19.1 Å². The van der Waals surface area contributed by atoms with Crippen LogP contribution in [0.1, 0.15) is 31.1 Å². The van der Waals surface area contributed by atoms with Crippen molar-refractivity contribution in [3.05, 3.63) is 46.6 Å². The number of rotatable bonds is 1. The Morgan fingerprint density at radius 1 is 1.12 bits per heavy atom. The van der Waals surface area contributed by atoms with Gasteiger partial charge in [-0.05, 0) is 39.0 Å². The number of hydrogen-bond acceptors (Lipinski definition) is 6. The van der Waals surface area contributed by atoms with Crippen molar-refractivity contribution in [2.24, 2.45) is 0 Å². The van der Waals surface area contributed by atoms with E-state index in [2.05, 4.69) is 4.98 Å². The fourth-order valence-electron chi connectivity index (χ4n) is 2.51. The summed E-state index contributed by atoms with van der Waals surface area (Å²) in [7, 11) is 1.26. The first-order chi connectivity index (χ1) is 11.7. The first-order valence-electron chi connectivity index (χ1n) is 7.55. The second-order valence-corrected chi connectivity index (χ2v) is 6.46. The van der Waals surface area contributed by atoms with Crippen LogP contribution in [0.4, 0.5) is 4.79 Å². The van der Waals surface area contributed by atoms with Crippen molar-refractivity contribution < 1.29 is 19.1 Å². The van der Waals surface area contributed by atoms with E-state index in [1.807, 2.05) is 0 Å². The quantitative estimate of drug-likeness (QED) is 0.629. The second-order valence-electron chi connectivity index (χ2n) is 6.46. The van der Waals surface area contributed by atoms with E-state index in [0.29, 0.717) is 5.52 Å². The minimum atomic E-state index is -0.826. The molecule has 0 fully saturated rings. The first-order valence-corrected chi connectivity index (χ1v) is 7.55. The minimum Gasteiger partial charge on any atom is -0.465 e. The number of benzene rings is 1. The van der Waals surface area contributed by atoms with Gasteiger partial charge in [0.05, 0.1) is 36.2 Å². The molecule has 0 amide bonds. The fraction of sp³-hybridized carbons (Fsp3) is 0.294. The van der Waals surface area contributed by atoms with Crippen LogP contribution in [0.15, 0.2) is 35.5 Å². The third kappa shape index (κ3) is 2.86. The van der Waals surface area contributed by atoms with Crippen LogP contribution in [-0.4, -0.2) is 38.7 Å². The average molecular weight is 343 g/mol. The zero-order valence-electron chi connectivity index (χ0n) is 14.3. The van der Waals surface area contributed by atoms with E-state index in [1.54, 1.807) is 37.3 Å². The Balaban J connectivity index is 2.37. The van der Waals surface area contributed by atoms with E-state index >= 15 is 0 Å². The lowest BCUT2D eigenvalue weighted by atomic mass is 10.2. The molecule has 0 radical (unpaired) electrons. The van der Waals surface area contributed by atoms with Crippen LogP contribution in [0.5, 0.6) is 0 Å². The molecule has 3 aromatic rings. The molecule has 0 bridgehead atoms. The van der Waals surface area contributed by atoms with Crippen molar-refractivity contribution in [1.82, 2.24) is 14.0 Å². The Morgan fingerprint density at radius 3 is 2.48 bits per heavy atom. The van der Waals surface area contributed by atoms with Gasteiger partial charge in [0.2, 0.25) is 0 Å². The van der Waals surface area contributed by atoms with Crippen molar-refractivity contribution in [2.75, 3.05) is 7.11 Å².